The van der Waals surface area contributed by atoms with Crippen LogP contribution in [0.3, 0.4) is 0 Å². The predicted molar refractivity (Wildman–Crippen MR) is 128 cm³/mol. The van der Waals surface area contributed by atoms with E-state index in [9.17, 15) is 18.0 Å². The molecule has 0 bridgehead atoms. The number of fused-ring (bicyclic) bond motifs is 2. The molecule has 1 amide bonds. The maximum Gasteiger partial charge on any atom is 0.417 e. The van der Waals surface area contributed by atoms with Crippen LogP contribution in [0.15, 0.2) is 66.9 Å². The standard InChI is InChI=1S/C27H23F3N4O/c1-16-10-20-11-19(6-9-24(20)33-25(16)31)26(35)34(23-12-17-4-2-3-5-18(17)13-23)15-22-8-7-21(14-32-22)27(28,29)30/h2-11,14,23H,12-13,15H2,1H3,(H2,31,33). The second-order valence-electron chi connectivity index (χ2n) is 8.90. The Labute approximate surface area is 200 Å². The summed E-state index contributed by atoms with van der Waals surface area (Å²) in [6.07, 6.45) is -2.30. The van der Waals surface area contributed by atoms with Crippen LogP contribution in [0.1, 0.15) is 38.3 Å². The molecule has 2 heterocycles. The average molecular weight is 477 g/mol. The molecule has 5 nitrogen and oxygen atoms in total. The number of nitrogen functional groups attached to an aromatic ring is 1. The molecule has 0 fully saturated rings. The molecule has 0 spiro atoms. The largest absolute Gasteiger partial charge is 0.417 e. The summed E-state index contributed by atoms with van der Waals surface area (Å²) in [7, 11) is 0. The molecule has 0 atom stereocenters. The predicted octanol–water partition coefficient (Wildman–Crippen LogP) is 5.35. The van der Waals surface area contributed by atoms with Gasteiger partial charge in [-0.05, 0) is 72.9 Å². The second-order valence-corrected chi connectivity index (χ2v) is 8.90. The van der Waals surface area contributed by atoms with Gasteiger partial charge in [0.25, 0.3) is 5.91 Å². The van der Waals surface area contributed by atoms with Crippen LogP contribution in [0.5, 0.6) is 0 Å². The highest BCUT2D eigenvalue weighted by Gasteiger charge is 2.33. The number of hydrogen-bond donors (Lipinski definition) is 1. The Morgan fingerprint density at radius 2 is 1.77 bits per heavy atom. The zero-order valence-electron chi connectivity index (χ0n) is 19.0. The van der Waals surface area contributed by atoms with Gasteiger partial charge in [0.1, 0.15) is 5.82 Å². The number of carbonyl (C=O) groups is 1. The topological polar surface area (TPSA) is 72.1 Å². The molecule has 0 radical (unpaired) electrons. The van der Waals surface area contributed by atoms with E-state index in [2.05, 4.69) is 9.97 Å². The number of benzene rings is 2. The van der Waals surface area contributed by atoms with Crippen molar-refractivity contribution in [2.24, 2.45) is 0 Å². The summed E-state index contributed by atoms with van der Waals surface area (Å²) in [4.78, 5) is 23.9. The van der Waals surface area contributed by atoms with E-state index in [-0.39, 0.29) is 18.5 Å². The molecule has 1 aliphatic rings. The van der Waals surface area contributed by atoms with Crippen molar-refractivity contribution < 1.29 is 18.0 Å². The fourth-order valence-corrected chi connectivity index (χ4v) is 4.58. The molecular weight excluding hydrogens is 453 g/mol. The third-order valence-corrected chi connectivity index (χ3v) is 6.51. The van der Waals surface area contributed by atoms with Gasteiger partial charge in [0.15, 0.2) is 0 Å². The number of rotatable bonds is 4. The number of nitrogens with two attached hydrogens (primary N) is 1. The maximum atomic E-state index is 13.8. The van der Waals surface area contributed by atoms with E-state index in [1.807, 2.05) is 37.3 Å². The Kier molecular flexibility index (Phi) is 5.67. The molecule has 1 aliphatic carbocycles. The van der Waals surface area contributed by atoms with Crippen LogP contribution in [-0.2, 0) is 25.6 Å². The van der Waals surface area contributed by atoms with Crippen LogP contribution in [0.2, 0.25) is 0 Å². The van der Waals surface area contributed by atoms with Crippen molar-refractivity contribution in [3.05, 3.63) is 100 Å². The van der Waals surface area contributed by atoms with E-state index >= 15 is 0 Å². The lowest BCUT2D eigenvalue weighted by Gasteiger charge is -2.29. The number of nitrogens with zero attached hydrogens (tertiary/aromatic N) is 3. The Morgan fingerprint density at radius 1 is 1.06 bits per heavy atom. The summed E-state index contributed by atoms with van der Waals surface area (Å²) >= 11 is 0. The Balaban J connectivity index is 1.49. The third kappa shape index (κ3) is 4.56. The number of carbonyl (C=O) groups excluding carboxylic acids is 1. The lowest BCUT2D eigenvalue weighted by molar-refractivity contribution is -0.137. The normalized spacial score (nSPS) is 13.7. The van der Waals surface area contributed by atoms with Crippen molar-refractivity contribution >= 4 is 22.6 Å². The number of halogens is 3. The van der Waals surface area contributed by atoms with E-state index < -0.39 is 11.7 Å². The van der Waals surface area contributed by atoms with Crippen molar-refractivity contribution in [2.45, 2.75) is 38.5 Å². The zero-order valence-corrected chi connectivity index (χ0v) is 19.0. The van der Waals surface area contributed by atoms with Gasteiger partial charge in [0, 0.05) is 23.2 Å². The summed E-state index contributed by atoms with van der Waals surface area (Å²) in [5.41, 5.74) is 9.82. The van der Waals surface area contributed by atoms with Crippen LogP contribution >= 0.6 is 0 Å². The molecule has 8 heteroatoms. The molecule has 5 rings (SSSR count). The first-order valence-electron chi connectivity index (χ1n) is 11.3. The van der Waals surface area contributed by atoms with Crippen LogP contribution < -0.4 is 5.73 Å². The van der Waals surface area contributed by atoms with Gasteiger partial charge in [-0.3, -0.25) is 9.78 Å². The van der Waals surface area contributed by atoms with Crippen molar-refractivity contribution in [1.29, 1.82) is 0 Å². The highest BCUT2D eigenvalue weighted by Crippen LogP contribution is 2.30. The van der Waals surface area contributed by atoms with Crippen molar-refractivity contribution in [1.82, 2.24) is 14.9 Å². The number of amides is 1. The summed E-state index contributed by atoms with van der Waals surface area (Å²) in [5, 5.41) is 0.796. The van der Waals surface area contributed by atoms with E-state index in [1.165, 1.54) is 17.2 Å². The minimum Gasteiger partial charge on any atom is -0.383 e. The lowest BCUT2D eigenvalue weighted by Crippen LogP contribution is -2.40. The molecule has 0 unspecified atom stereocenters. The monoisotopic (exact) mass is 476 g/mol. The van der Waals surface area contributed by atoms with Crippen LogP contribution in [0.25, 0.3) is 10.9 Å². The highest BCUT2D eigenvalue weighted by molar-refractivity contribution is 5.98. The lowest BCUT2D eigenvalue weighted by atomic mass is 10.1. The molecule has 35 heavy (non-hydrogen) atoms. The fraction of sp³-hybridized carbons (Fsp3) is 0.222. The van der Waals surface area contributed by atoms with Gasteiger partial charge in [0.05, 0.1) is 23.3 Å². The molecule has 2 N–H and O–H groups in total. The first kappa shape index (κ1) is 22.8. The minimum atomic E-state index is -4.46. The molecule has 0 aliphatic heterocycles. The summed E-state index contributed by atoms with van der Waals surface area (Å²) < 4.78 is 39.0. The molecule has 0 saturated carbocycles. The third-order valence-electron chi connectivity index (χ3n) is 6.51. The number of hydrogen-bond acceptors (Lipinski definition) is 4. The van der Waals surface area contributed by atoms with Gasteiger partial charge >= 0.3 is 6.18 Å². The second kappa shape index (κ2) is 8.69. The maximum absolute atomic E-state index is 13.8. The smallest absolute Gasteiger partial charge is 0.383 e. The molecule has 178 valence electrons. The van der Waals surface area contributed by atoms with Crippen molar-refractivity contribution in [3.63, 3.8) is 0 Å². The highest BCUT2D eigenvalue weighted by atomic mass is 19.4. The number of anilines is 1. The van der Waals surface area contributed by atoms with Gasteiger partial charge in [-0.15, -0.1) is 0 Å². The fourth-order valence-electron chi connectivity index (χ4n) is 4.58. The zero-order chi connectivity index (χ0) is 24.7. The number of pyridine rings is 2. The first-order chi connectivity index (χ1) is 16.7. The number of alkyl halides is 3. The van der Waals surface area contributed by atoms with Crippen molar-refractivity contribution in [2.75, 3.05) is 5.73 Å². The molecule has 0 saturated heterocycles. The first-order valence-corrected chi connectivity index (χ1v) is 11.3. The number of aryl methyl sites for hydroxylation is 1. The SMILES string of the molecule is Cc1cc2cc(C(=O)N(Cc3ccc(C(F)(F)F)cn3)C3Cc4ccccc4C3)ccc2nc1N. The molecular formula is C27H23F3N4O. The van der Waals surface area contributed by atoms with E-state index in [0.717, 1.165) is 23.2 Å². The minimum absolute atomic E-state index is 0.104. The van der Waals surface area contributed by atoms with Gasteiger partial charge in [0.2, 0.25) is 0 Å². The molecule has 2 aromatic heterocycles. The summed E-state index contributed by atoms with van der Waals surface area (Å²) in [5.74, 6) is 0.233. The van der Waals surface area contributed by atoms with Crippen LogP contribution in [0.4, 0.5) is 19.0 Å². The molecule has 4 aromatic rings. The Hall–Kier alpha value is -3.94. The van der Waals surface area contributed by atoms with Gasteiger partial charge < -0.3 is 10.6 Å². The van der Waals surface area contributed by atoms with E-state index in [4.69, 9.17) is 5.73 Å². The van der Waals surface area contributed by atoms with E-state index in [1.54, 1.807) is 23.1 Å². The summed E-state index contributed by atoms with van der Waals surface area (Å²) in [6.45, 7) is 1.96. The summed E-state index contributed by atoms with van der Waals surface area (Å²) in [6, 6.07) is 17.4. The average Bonchev–Trinajstić information content (AvgIpc) is 3.26. The van der Waals surface area contributed by atoms with E-state index in [0.29, 0.717) is 35.4 Å². The Morgan fingerprint density at radius 3 is 2.40 bits per heavy atom. The Bertz CT molecular complexity index is 1390. The van der Waals surface area contributed by atoms with Gasteiger partial charge in [-0.25, -0.2) is 4.98 Å². The van der Waals surface area contributed by atoms with Gasteiger partial charge in [-0.2, -0.15) is 13.2 Å². The quantitative estimate of drug-likeness (QED) is 0.431. The number of aromatic nitrogens is 2. The van der Waals surface area contributed by atoms with Crippen molar-refractivity contribution in [3.8, 4) is 0 Å². The van der Waals surface area contributed by atoms with Crippen LogP contribution in [0, 0.1) is 6.92 Å². The van der Waals surface area contributed by atoms with Crippen LogP contribution in [-0.4, -0.2) is 26.8 Å². The van der Waals surface area contributed by atoms with Gasteiger partial charge in [-0.1, -0.05) is 24.3 Å². The molecule has 2 aromatic carbocycles.